The molecule has 1 saturated heterocycles. The maximum Gasteiger partial charge on any atom is 0.325 e. The number of cyclic esters (lactones) is 1. The molecule has 3 amide bonds. The van der Waals surface area contributed by atoms with Gasteiger partial charge in [-0.3, -0.25) is 29.2 Å². The Bertz CT molecular complexity index is 1290. The van der Waals surface area contributed by atoms with Crippen LogP contribution in [-0.4, -0.2) is 58.4 Å². The van der Waals surface area contributed by atoms with Gasteiger partial charge < -0.3 is 15.4 Å². The first-order valence-electron chi connectivity index (χ1n) is 14.1. The lowest BCUT2D eigenvalue weighted by atomic mass is 10.0. The van der Waals surface area contributed by atoms with E-state index in [2.05, 4.69) is 21.0 Å². The number of allylic oxidation sites excluding steroid dienone is 1. The number of rotatable bonds is 1. The van der Waals surface area contributed by atoms with Crippen LogP contribution in [0, 0.1) is 5.92 Å². The monoisotopic (exact) mass is 549 g/mol. The van der Waals surface area contributed by atoms with E-state index in [4.69, 9.17) is 4.74 Å². The fourth-order valence-electron chi connectivity index (χ4n) is 4.92. The van der Waals surface area contributed by atoms with Gasteiger partial charge in [0.25, 0.3) is 5.91 Å². The molecule has 5 bridgehead atoms. The molecule has 10 heteroatoms. The third kappa shape index (κ3) is 7.24. The molecule has 1 fully saturated rings. The third-order valence-corrected chi connectivity index (χ3v) is 7.32. The summed E-state index contributed by atoms with van der Waals surface area (Å²) in [6.45, 7) is 7.51. The summed E-state index contributed by atoms with van der Waals surface area (Å²) in [6, 6.07) is 5.53. The van der Waals surface area contributed by atoms with Gasteiger partial charge in [-0.15, -0.1) is 0 Å². The summed E-state index contributed by atoms with van der Waals surface area (Å²) >= 11 is 0. The van der Waals surface area contributed by atoms with E-state index in [1.807, 2.05) is 57.2 Å². The highest BCUT2D eigenvalue weighted by Gasteiger charge is 2.33. The Hall–Kier alpha value is -3.79. The molecule has 214 valence electrons. The lowest BCUT2D eigenvalue weighted by Gasteiger charge is -2.35. The van der Waals surface area contributed by atoms with E-state index in [0.29, 0.717) is 32.2 Å². The van der Waals surface area contributed by atoms with Crippen LogP contribution in [-0.2, 0) is 23.9 Å². The second kappa shape index (κ2) is 13.0. The number of pyridine rings is 1. The van der Waals surface area contributed by atoms with Crippen molar-refractivity contribution in [2.45, 2.75) is 84.0 Å². The van der Waals surface area contributed by atoms with Crippen molar-refractivity contribution in [3.8, 4) is 0 Å². The van der Waals surface area contributed by atoms with E-state index in [1.54, 1.807) is 13.1 Å². The number of carbonyl (C=O) groups excluding carboxylic acids is 4. The van der Waals surface area contributed by atoms with E-state index >= 15 is 0 Å². The number of nitrogens with one attached hydrogen (secondary N) is 3. The molecule has 40 heavy (non-hydrogen) atoms. The first kappa shape index (κ1) is 29.2. The van der Waals surface area contributed by atoms with Gasteiger partial charge in [-0.25, -0.2) is 5.43 Å². The molecule has 10 nitrogen and oxygen atoms in total. The summed E-state index contributed by atoms with van der Waals surface area (Å²) in [5.41, 5.74) is 4.63. The van der Waals surface area contributed by atoms with Crippen molar-refractivity contribution in [3.05, 3.63) is 47.8 Å². The Labute approximate surface area is 234 Å². The third-order valence-electron chi connectivity index (χ3n) is 7.32. The van der Waals surface area contributed by atoms with Crippen LogP contribution in [0.25, 0.3) is 16.8 Å². The smallest absolute Gasteiger partial charge is 0.325 e. The lowest BCUT2D eigenvalue weighted by molar-refractivity contribution is -0.157. The first-order valence-corrected chi connectivity index (χ1v) is 14.1. The van der Waals surface area contributed by atoms with E-state index in [9.17, 15) is 19.2 Å². The molecular formula is C30H39N5O5. The number of nitrogens with zero attached hydrogens (tertiary/aromatic N) is 2. The normalized spacial score (nSPS) is 26.5. The minimum atomic E-state index is -0.853. The number of esters is 1. The molecule has 1 aromatic heterocycles. The summed E-state index contributed by atoms with van der Waals surface area (Å²) in [4.78, 5) is 56.4. The molecule has 1 aromatic carbocycles. The summed E-state index contributed by atoms with van der Waals surface area (Å²) < 4.78 is 5.80. The van der Waals surface area contributed by atoms with Gasteiger partial charge in [0, 0.05) is 24.5 Å². The van der Waals surface area contributed by atoms with Crippen molar-refractivity contribution >= 4 is 40.5 Å². The fraction of sp³-hybridized carbons (Fsp3) is 0.500. The fourth-order valence-corrected chi connectivity index (χ4v) is 4.92. The average molecular weight is 550 g/mol. The van der Waals surface area contributed by atoms with Gasteiger partial charge in [-0.05, 0) is 74.6 Å². The molecule has 2 aliphatic rings. The van der Waals surface area contributed by atoms with Gasteiger partial charge in [-0.1, -0.05) is 32.1 Å². The number of aromatic nitrogens is 1. The minimum absolute atomic E-state index is 0.172. The van der Waals surface area contributed by atoms with Gasteiger partial charge >= 0.3 is 5.97 Å². The van der Waals surface area contributed by atoms with Crippen molar-refractivity contribution in [2.75, 3.05) is 6.54 Å². The van der Waals surface area contributed by atoms with Gasteiger partial charge in [0.2, 0.25) is 11.8 Å². The van der Waals surface area contributed by atoms with Crippen molar-refractivity contribution in [1.82, 2.24) is 26.1 Å². The first-order chi connectivity index (χ1) is 19.1. The Morgan fingerprint density at radius 2 is 1.82 bits per heavy atom. The Balaban J connectivity index is 1.58. The van der Waals surface area contributed by atoms with Crippen LogP contribution in [0.2, 0.25) is 0 Å². The largest absolute Gasteiger partial charge is 0.457 e. The Morgan fingerprint density at radius 1 is 1.02 bits per heavy atom. The van der Waals surface area contributed by atoms with E-state index in [0.717, 1.165) is 22.0 Å². The van der Waals surface area contributed by atoms with Gasteiger partial charge in [0.15, 0.2) is 0 Å². The molecule has 3 heterocycles. The number of hydrogen-bond donors (Lipinski definition) is 3. The van der Waals surface area contributed by atoms with Crippen molar-refractivity contribution in [3.63, 3.8) is 0 Å². The molecule has 2 aliphatic heterocycles. The standard InChI is InChI=1S/C30H39N5O5/c1-18(2)27-28(37)32-19(3)29(38)35-14-8-10-25(34-35)30(39)40-20(4)21-12-13-22-17-31-24(16-23(22)15-21)9-6-5-7-11-26(36)33-27/h6,9,12-13,15-20,25,27,34H,5,7-8,10-11,14H2,1-4H3,(H,32,37)(H,33,36)/b9-6+/t19-,20?,25-,27-/m0/s1. The minimum Gasteiger partial charge on any atom is -0.457 e. The molecule has 0 saturated carbocycles. The van der Waals surface area contributed by atoms with E-state index < -0.39 is 36.1 Å². The molecule has 0 spiro atoms. The summed E-state index contributed by atoms with van der Waals surface area (Å²) in [5.74, 6) is -1.62. The zero-order valence-corrected chi connectivity index (χ0v) is 23.6. The highest BCUT2D eigenvalue weighted by Crippen LogP contribution is 2.24. The van der Waals surface area contributed by atoms with E-state index in [-0.39, 0.29) is 24.2 Å². The van der Waals surface area contributed by atoms with Crippen LogP contribution in [0.4, 0.5) is 0 Å². The quantitative estimate of drug-likeness (QED) is 0.466. The Kier molecular flexibility index (Phi) is 9.52. The van der Waals surface area contributed by atoms with Crippen LogP contribution in [0.3, 0.4) is 0 Å². The molecule has 0 aliphatic carbocycles. The van der Waals surface area contributed by atoms with Crippen LogP contribution in [0.5, 0.6) is 0 Å². The molecule has 4 atom stereocenters. The topological polar surface area (TPSA) is 130 Å². The number of hydrogen-bond acceptors (Lipinski definition) is 7. The highest BCUT2D eigenvalue weighted by atomic mass is 16.5. The van der Waals surface area contributed by atoms with Crippen LogP contribution >= 0.6 is 0 Å². The molecule has 3 N–H and O–H groups in total. The van der Waals surface area contributed by atoms with E-state index in [1.165, 1.54) is 5.01 Å². The highest BCUT2D eigenvalue weighted by molar-refractivity contribution is 5.92. The molecule has 4 rings (SSSR count). The van der Waals surface area contributed by atoms with Crippen molar-refractivity contribution < 1.29 is 23.9 Å². The molecular weight excluding hydrogens is 510 g/mol. The number of ether oxygens (including phenoxy) is 1. The zero-order chi connectivity index (χ0) is 28.8. The number of benzene rings is 1. The average Bonchev–Trinajstić information content (AvgIpc) is 2.94. The SMILES string of the molecule is CC1OC(=O)[C@@H]2CCCN(N2)C(=O)[C@H](C)NC(=O)[C@H](C(C)C)NC(=O)CCC/C=C/c2cc3cc1ccc3cn2. The van der Waals surface area contributed by atoms with Crippen LogP contribution in [0.15, 0.2) is 36.5 Å². The number of carbonyl (C=O) groups is 4. The summed E-state index contributed by atoms with van der Waals surface area (Å²) in [7, 11) is 0. The summed E-state index contributed by atoms with van der Waals surface area (Å²) in [5, 5.41) is 8.88. The summed E-state index contributed by atoms with van der Waals surface area (Å²) in [6.07, 6.45) is 7.91. The van der Waals surface area contributed by atoms with Gasteiger partial charge in [0.1, 0.15) is 24.2 Å². The predicted molar refractivity (Wildman–Crippen MR) is 151 cm³/mol. The maximum atomic E-state index is 13.2. The van der Waals surface area contributed by atoms with Gasteiger partial charge in [-0.2, -0.15) is 0 Å². The predicted octanol–water partition coefficient (Wildman–Crippen LogP) is 3.18. The number of amides is 3. The Morgan fingerprint density at radius 3 is 2.60 bits per heavy atom. The van der Waals surface area contributed by atoms with Crippen LogP contribution in [0.1, 0.15) is 77.2 Å². The molecule has 1 unspecified atom stereocenters. The van der Waals surface area contributed by atoms with Gasteiger partial charge in [0.05, 0.1) is 5.69 Å². The second-order valence-corrected chi connectivity index (χ2v) is 10.9. The van der Waals surface area contributed by atoms with Crippen molar-refractivity contribution in [2.24, 2.45) is 5.92 Å². The molecule has 0 radical (unpaired) electrons. The lowest BCUT2D eigenvalue weighted by Crippen LogP contribution is -2.61. The molecule has 2 aromatic rings. The maximum absolute atomic E-state index is 13.2. The zero-order valence-electron chi connectivity index (χ0n) is 23.6. The second-order valence-electron chi connectivity index (χ2n) is 10.9. The van der Waals surface area contributed by atoms with Crippen LogP contribution < -0.4 is 16.1 Å². The van der Waals surface area contributed by atoms with Crippen molar-refractivity contribution in [1.29, 1.82) is 0 Å². The number of hydrazine groups is 1. The number of fused-ring (bicyclic) bond motifs is 4.